The highest BCUT2D eigenvalue weighted by molar-refractivity contribution is 6.07. The Balaban J connectivity index is 1.65. The molecule has 0 aliphatic carbocycles. The van der Waals surface area contributed by atoms with Gasteiger partial charge in [-0.25, -0.2) is 0 Å². The van der Waals surface area contributed by atoms with Gasteiger partial charge in [0.1, 0.15) is 13.2 Å². The Morgan fingerprint density at radius 1 is 1.11 bits per heavy atom. The van der Waals surface area contributed by atoms with Gasteiger partial charge in [-0.15, -0.1) is 0 Å². The first-order chi connectivity index (χ1) is 13.5. The number of amides is 1. The minimum atomic E-state index is 0.0559. The highest BCUT2D eigenvalue weighted by Crippen LogP contribution is 2.31. The summed E-state index contributed by atoms with van der Waals surface area (Å²) in [5, 5.41) is 0.992. The normalized spacial score (nSPS) is 13.1. The second-order valence-electron chi connectivity index (χ2n) is 7.73. The highest BCUT2D eigenvalue weighted by atomic mass is 16.6. The number of carbonyl (C=O) groups excluding carboxylic acids is 1. The third-order valence-electron chi connectivity index (χ3n) is 4.98. The number of aryl methyl sites for hydroxylation is 1. The first-order valence-electron chi connectivity index (χ1n) is 9.75. The maximum absolute atomic E-state index is 13.5. The molecule has 5 nitrogen and oxygen atoms in total. The molecule has 4 rings (SSSR count). The van der Waals surface area contributed by atoms with Crippen LogP contribution in [0.25, 0.3) is 10.9 Å². The minimum Gasteiger partial charge on any atom is -0.486 e. The van der Waals surface area contributed by atoms with Crippen molar-refractivity contribution in [3.63, 3.8) is 0 Å². The van der Waals surface area contributed by atoms with Gasteiger partial charge in [0.25, 0.3) is 5.91 Å². The van der Waals surface area contributed by atoms with Crippen molar-refractivity contribution in [2.45, 2.75) is 20.4 Å². The summed E-state index contributed by atoms with van der Waals surface area (Å²) in [6.07, 6.45) is 1.93. The summed E-state index contributed by atoms with van der Waals surface area (Å²) in [4.78, 5) is 15.4. The molecule has 1 amide bonds. The van der Waals surface area contributed by atoms with Crippen LogP contribution in [0.5, 0.6) is 11.5 Å². The van der Waals surface area contributed by atoms with E-state index in [0.717, 1.165) is 33.5 Å². The van der Waals surface area contributed by atoms with Crippen LogP contribution in [0, 0.1) is 5.92 Å². The van der Waals surface area contributed by atoms with Crippen molar-refractivity contribution in [2.24, 2.45) is 13.0 Å². The van der Waals surface area contributed by atoms with Crippen molar-refractivity contribution >= 4 is 16.8 Å². The smallest absolute Gasteiger partial charge is 0.256 e. The van der Waals surface area contributed by atoms with Gasteiger partial charge in [-0.3, -0.25) is 4.79 Å². The molecule has 0 bridgehead atoms. The molecule has 0 atom stereocenters. The van der Waals surface area contributed by atoms with E-state index >= 15 is 0 Å². The van der Waals surface area contributed by atoms with Crippen LogP contribution in [-0.2, 0) is 13.6 Å². The zero-order valence-corrected chi connectivity index (χ0v) is 16.6. The highest BCUT2D eigenvalue weighted by Gasteiger charge is 2.22. The minimum absolute atomic E-state index is 0.0559. The lowest BCUT2D eigenvalue weighted by atomic mass is 10.1. The lowest BCUT2D eigenvalue weighted by Crippen LogP contribution is -2.33. The molecule has 3 aromatic rings. The standard InChI is InChI=1S/C23H26N2O3/c1-16(2)13-25(14-17-8-9-21-22(12-17)28-11-10-27-21)23(26)19-15-24(3)20-7-5-4-6-18(19)20/h4-9,12,15-16H,10-11,13-14H2,1-3H3. The van der Waals surface area contributed by atoms with Gasteiger partial charge < -0.3 is 18.9 Å². The quantitative estimate of drug-likeness (QED) is 0.667. The molecule has 0 saturated heterocycles. The Labute approximate surface area is 165 Å². The van der Waals surface area contributed by atoms with E-state index in [1.54, 1.807) is 0 Å². The van der Waals surface area contributed by atoms with Crippen LogP contribution >= 0.6 is 0 Å². The zero-order valence-electron chi connectivity index (χ0n) is 16.6. The molecular formula is C23H26N2O3. The van der Waals surface area contributed by atoms with E-state index in [0.29, 0.717) is 32.2 Å². The van der Waals surface area contributed by atoms with Crippen LogP contribution in [0.3, 0.4) is 0 Å². The molecule has 2 heterocycles. The average Bonchev–Trinajstić information content (AvgIpc) is 3.03. The van der Waals surface area contributed by atoms with Gasteiger partial charge in [0.15, 0.2) is 11.5 Å². The molecule has 0 spiro atoms. The van der Waals surface area contributed by atoms with Crippen molar-refractivity contribution in [3.8, 4) is 11.5 Å². The van der Waals surface area contributed by atoms with Crippen LogP contribution in [-0.4, -0.2) is 35.1 Å². The van der Waals surface area contributed by atoms with Gasteiger partial charge in [-0.1, -0.05) is 38.1 Å². The number of hydrogen-bond donors (Lipinski definition) is 0. The largest absolute Gasteiger partial charge is 0.486 e. The Morgan fingerprint density at radius 3 is 2.64 bits per heavy atom. The van der Waals surface area contributed by atoms with Crippen molar-refractivity contribution in [2.75, 3.05) is 19.8 Å². The zero-order chi connectivity index (χ0) is 19.7. The van der Waals surface area contributed by atoms with Crippen molar-refractivity contribution in [1.82, 2.24) is 9.47 Å². The summed E-state index contributed by atoms with van der Waals surface area (Å²) >= 11 is 0. The van der Waals surface area contributed by atoms with Crippen LogP contribution in [0.4, 0.5) is 0 Å². The summed E-state index contributed by atoms with van der Waals surface area (Å²) in [7, 11) is 1.98. The second-order valence-corrected chi connectivity index (χ2v) is 7.73. The lowest BCUT2D eigenvalue weighted by molar-refractivity contribution is 0.0724. The Bertz CT molecular complexity index is 1010. The molecule has 0 radical (unpaired) electrons. The lowest BCUT2D eigenvalue weighted by Gasteiger charge is -2.26. The second kappa shape index (κ2) is 7.58. The van der Waals surface area contributed by atoms with Crippen LogP contribution in [0.15, 0.2) is 48.7 Å². The van der Waals surface area contributed by atoms with Gasteiger partial charge in [0.05, 0.1) is 5.56 Å². The number of fused-ring (bicyclic) bond motifs is 2. The van der Waals surface area contributed by atoms with Crippen molar-refractivity contribution in [3.05, 3.63) is 59.8 Å². The molecule has 5 heteroatoms. The third kappa shape index (κ3) is 3.57. The van der Waals surface area contributed by atoms with Gasteiger partial charge in [0.2, 0.25) is 0 Å². The predicted octanol–water partition coefficient (Wildman–Crippen LogP) is 4.25. The van der Waals surface area contributed by atoms with Gasteiger partial charge in [-0.2, -0.15) is 0 Å². The summed E-state index contributed by atoms with van der Waals surface area (Å²) in [6.45, 7) is 6.63. The molecule has 0 fully saturated rings. The van der Waals surface area contributed by atoms with E-state index in [-0.39, 0.29) is 5.91 Å². The van der Waals surface area contributed by atoms with Crippen molar-refractivity contribution in [1.29, 1.82) is 0 Å². The first-order valence-corrected chi connectivity index (χ1v) is 9.75. The van der Waals surface area contributed by atoms with E-state index in [2.05, 4.69) is 13.8 Å². The Hall–Kier alpha value is -2.95. The maximum Gasteiger partial charge on any atom is 0.256 e. The van der Waals surface area contributed by atoms with Crippen LogP contribution < -0.4 is 9.47 Å². The number of rotatable bonds is 5. The van der Waals surface area contributed by atoms with Gasteiger partial charge >= 0.3 is 0 Å². The van der Waals surface area contributed by atoms with Crippen LogP contribution in [0.2, 0.25) is 0 Å². The van der Waals surface area contributed by atoms with Gasteiger partial charge in [0, 0.05) is 37.2 Å². The number of para-hydroxylation sites is 1. The van der Waals surface area contributed by atoms with E-state index in [9.17, 15) is 4.79 Å². The molecule has 0 N–H and O–H groups in total. The molecule has 28 heavy (non-hydrogen) atoms. The third-order valence-corrected chi connectivity index (χ3v) is 4.98. The first kappa shape index (κ1) is 18.4. The van der Waals surface area contributed by atoms with Crippen molar-refractivity contribution < 1.29 is 14.3 Å². The Morgan fingerprint density at radius 2 is 1.86 bits per heavy atom. The Kier molecular flexibility index (Phi) is 4.99. The van der Waals surface area contributed by atoms with E-state index in [4.69, 9.17) is 9.47 Å². The SMILES string of the molecule is CC(C)CN(Cc1ccc2c(c1)OCCO2)C(=O)c1cn(C)c2ccccc12. The summed E-state index contributed by atoms with van der Waals surface area (Å²) in [5.74, 6) is 1.95. The van der Waals surface area contributed by atoms with Crippen LogP contribution in [0.1, 0.15) is 29.8 Å². The molecule has 146 valence electrons. The fourth-order valence-corrected chi connectivity index (χ4v) is 3.75. The topological polar surface area (TPSA) is 43.7 Å². The fourth-order valence-electron chi connectivity index (χ4n) is 3.75. The number of ether oxygens (including phenoxy) is 2. The van der Waals surface area contributed by atoms with E-state index in [1.807, 2.05) is 65.2 Å². The van der Waals surface area contributed by atoms with E-state index < -0.39 is 0 Å². The summed E-state index contributed by atoms with van der Waals surface area (Å²) in [6, 6.07) is 14.0. The average molecular weight is 378 g/mol. The van der Waals surface area contributed by atoms with E-state index in [1.165, 1.54) is 0 Å². The predicted molar refractivity (Wildman–Crippen MR) is 110 cm³/mol. The maximum atomic E-state index is 13.5. The molecule has 1 aliphatic heterocycles. The van der Waals surface area contributed by atoms with Gasteiger partial charge in [-0.05, 0) is 29.7 Å². The molecule has 0 unspecified atom stereocenters. The number of nitrogens with zero attached hydrogens (tertiary/aromatic N) is 2. The molecule has 0 saturated carbocycles. The molecule has 1 aliphatic rings. The summed E-state index contributed by atoms with van der Waals surface area (Å²) < 4.78 is 13.3. The number of hydrogen-bond acceptors (Lipinski definition) is 3. The number of carbonyl (C=O) groups is 1. The molecule has 2 aromatic carbocycles. The molecular weight excluding hydrogens is 352 g/mol. The monoisotopic (exact) mass is 378 g/mol. The summed E-state index contributed by atoms with van der Waals surface area (Å²) in [5.41, 5.74) is 2.85. The number of aromatic nitrogens is 1. The fraction of sp³-hybridized carbons (Fsp3) is 0.348. The number of benzene rings is 2. The molecule has 1 aromatic heterocycles.